The van der Waals surface area contributed by atoms with Crippen LogP contribution in [0, 0.1) is 0 Å². The third-order valence-electron chi connectivity index (χ3n) is 6.33. The third-order valence-corrected chi connectivity index (χ3v) is 6.33. The van der Waals surface area contributed by atoms with Gasteiger partial charge in [0.1, 0.15) is 17.4 Å². The molecule has 1 aromatic carbocycles. The zero-order valence-electron chi connectivity index (χ0n) is 19.3. The maximum absolute atomic E-state index is 13.1. The predicted octanol–water partition coefficient (Wildman–Crippen LogP) is 1.36. The number of carbonyl (C=O) groups is 5. The Balaban J connectivity index is 1.15. The van der Waals surface area contributed by atoms with E-state index in [4.69, 9.17) is 0 Å². The molecule has 1 atom stereocenters. The van der Waals surface area contributed by atoms with Crippen molar-refractivity contribution in [3.8, 4) is 0 Å². The Morgan fingerprint density at radius 1 is 1.03 bits per heavy atom. The number of aromatic nitrogens is 2. The summed E-state index contributed by atoms with van der Waals surface area (Å²) in [6.07, 6.45) is 4.96. The number of rotatable bonds is 8. The van der Waals surface area contributed by atoms with Gasteiger partial charge in [-0.2, -0.15) is 0 Å². The summed E-state index contributed by atoms with van der Waals surface area (Å²) in [6, 6.07) is 9.29. The van der Waals surface area contributed by atoms with Gasteiger partial charge in [-0.15, -0.1) is 0 Å². The zero-order chi connectivity index (χ0) is 25.2. The van der Waals surface area contributed by atoms with Gasteiger partial charge in [0.15, 0.2) is 0 Å². The second kappa shape index (κ2) is 9.61. The van der Waals surface area contributed by atoms with Crippen molar-refractivity contribution in [2.45, 2.75) is 31.7 Å². The van der Waals surface area contributed by atoms with Gasteiger partial charge in [-0.05, 0) is 43.5 Å². The molecule has 1 unspecified atom stereocenters. The minimum absolute atomic E-state index is 0.0723. The fourth-order valence-electron chi connectivity index (χ4n) is 4.56. The van der Waals surface area contributed by atoms with Gasteiger partial charge >= 0.3 is 0 Å². The van der Waals surface area contributed by atoms with Gasteiger partial charge in [-0.3, -0.25) is 38.6 Å². The quantitative estimate of drug-likeness (QED) is 0.321. The van der Waals surface area contributed by atoms with Crippen molar-refractivity contribution in [2.24, 2.45) is 0 Å². The van der Waals surface area contributed by atoms with E-state index in [0.717, 1.165) is 4.90 Å². The van der Waals surface area contributed by atoms with Crippen molar-refractivity contribution in [2.75, 3.05) is 18.4 Å². The van der Waals surface area contributed by atoms with Crippen LogP contribution in [0.5, 0.6) is 0 Å². The lowest BCUT2D eigenvalue weighted by atomic mass is 10.0. The smallest absolute Gasteiger partial charge is 0.268 e. The summed E-state index contributed by atoms with van der Waals surface area (Å²) in [6.45, 7) is 0.989. The van der Waals surface area contributed by atoms with Crippen LogP contribution in [0.2, 0.25) is 0 Å². The molecule has 36 heavy (non-hydrogen) atoms. The molecule has 2 aliphatic heterocycles. The summed E-state index contributed by atoms with van der Waals surface area (Å²) in [7, 11) is 0. The van der Waals surface area contributed by atoms with Crippen molar-refractivity contribution in [1.82, 2.24) is 24.9 Å². The van der Waals surface area contributed by atoms with Gasteiger partial charge in [0.2, 0.25) is 11.8 Å². The van der Waals surface area contributed by atoms with E-state index in [-0.39, 0.29) is 29.9 Å². The third kappa shape index (κ3) is 4.19. The average Bonchev–Trinajstić information content (AvgIpc) is 3.45. The molecule has 11 nitrogen and oxygen atoms in total. The van der Waals surface area contributed by atoms with Crippen LogP contribution in [0.25, 0.3) is 5.65 Å². The lowest BCUT2D eigenvalue weighted by molar-refractivity contribution is -0.136. The molecule has 11 heteroatoms. The fourth-order valence-corrected chi connectivity index (χ4v) is 4.56. The van der Waals surface area contributed by atoms with E-state index < -0.39 is 29.7 Å². The maximum atomic E-state index is 13.1. The van der Waals surface area contributed by atoms with E-state index in [1.54, 1.807) is 47.1 Å². The lowest BCUT2D eigenvalue weighted by Crippen LogP contribution is -2.54. The molecule has 3 N–H and O–H groups in total. The topological polar surface area (TPSA) is 142 Å². The molecule has 1 fully saturated rings. The Labute approximate surface area is 205 Å². The summed E-state index contributed by atoms with van der Waals surface area (Å²) in [5.41, 5.74) is 2.18. The second-order valence-corrected chi connectivity index (χ2v) is 8.63. The predicted molar refractivity (Wildman–Crippen MR) is 128 cm³/mol. The standard InChI is InChI=1S/C25H24N6O5/c32-20-10-9-18(23(34)29-20)31-24(35)15-5-3-6-16(21(15)25(31)36)26-11-1-2-12-28-22(33)17-7-4-8-19-27-13-14-30(17)19/h3-8,13-14,18,26H,1-2,9-12H2,(H,28,33)(H,29,32,34). The Bertz CT molecular complexity index is 1400. The highest BCUT2D eigenvalue weighted by Crippen LogP contribution is 2.32. The summed E-state index contributed by atoms with van der Waals surface area (Å²) < 4.78 is 1.73. The number of unbranched alkanes of at least 4 members (excludes halogenated alkanes) is 1. The normalized spacial score (nSPS) is 17.3. The number of nitrogens with one attached hydrogen (secondary N) is 3. The number of nitrogens with zero attached hydrogens (tertiary/aromatic N) is 3. The van der Waals surface area contributed by atoms with E-state index in [0.29, 0.717) is 43.0 Å². The first-order valence-corrected chi connectivity index (χ1v) is 11.7. The molecular weight excluding hydrogens is 464 g/mol. The van der Waals surface area contributed by atoms with Crippen molar-refractivity contribution in [1.29, 1.82) is 0 Å². The number of benzene rings is 1. The summed E-state index contributed by atoms with van der Waals surface area (Å²) in [5.74, 6) is -2.32. The van der Waals surface area contributed by atoms with Gasteiger partial charge in [0.05, 0.1) is 11.1 Å². The Hall–Kier alpha value is -4.54. The summed E-state index contributed by atoms with van der Waals surface area (Å²) in [4.78, 5) is 67.4. The number of anilines is 1. The van der Waals surface area contributed by atoms with Crippen molar-refractivity contribution in [3.05, 3.63) is 65.6 Å². The molecule has 4 heterocycles. The first-order chi connectivity index (χ1) is 17.5. The van der Waals surface area contributed by atoms with Crippen molar-refractivity contribution in [3.63, 3.8) is 0 Å². The first kappa shape index (κ1) is 23.2. The minimum Gasteiger partial charge on any atom is -0.384 e. The van der Waals surface area contributed by atoms with Crippen LogP contribution in [-0.2, 0) is 9.59 Å². The van der Waals surface area contributed by atoms with Crippen LogP contribution < -0.4 is 16.0 Å². The van der Waals surface area contributed by atoms with Crippen molar-refractivity contribution < 1.29 is 24.0 Å². The summed E-state index contributed by atoms with van der Waals surface area (Å²) >= 11 is 0. The molecule has 0 spiro atoms. The minimum atomic E-state index is -1.00. The fraction of sp³-hybridized carbons (Fsp3) is 0.280. The first-order valence-electron chi connectivity index (χ1n) is 11.7. The second-order valence-electron chi connectivity index (χ2n) is 8.63. The van der Waals surface area contributed by atoms with Gasteiger partial charge in [0, 0.05) is 37.6 Å². The van der Waals surface area contributed by atoms with E-state index in [9.17, 15) is 24.0 Å². The van der Waals surface area contributed by atoms with Crippen LogP contribution in [0.4, 0.5) is 5.69 Å². The van der Waals surface area contributed by atoms with Crippen LogP contribution in [0.1, 0.15) is 56.9 Å². The monoisotopic (exact) mass is 488 g/mol. The van der Waals surface area contributed by atoms with E-state index in [1.165, 1.54) is 0 Å². The van der Waals surface area contributed by atoms with Crippen LogP contribution in [0.15, 0.2) is 48.8 Å². The molecule has 0 bridgehead atoms. The average molecular weight is 489 g/mol. The number of fused-ring (bicyclic) bond motifs is 2. The van der Waals surface area contributed by atoms with Crippen LogP contribution in [0.3, 0.4) is 0 Å². The van der Waals surface area contributed by atoms with E-state index in [1.807, 2.05) is 6.07 Å². The van der Waals surface area contributed by atoms with Gasteiger partial charge in [0.25, 0.3) is 17.7 Å². The number of pyridine rings is 1. The van der Waals surface area contributed by atoms with Gasteiger partial charge < -0.3 is 10.6 Å². The van der Waals surface area contributed by atoms with Crippen LogP contribution in [-0.4, -0.2) is 63.0 Å². The number of amides is 5. The number of hydrogen-bond acceptors (Lipinski definition) is 7. The molecule has 5 rings (SSSR count). The maximum Gasteiger partial charge on any atom is 0.268 e. The molecule has 0 aliphatic carbocycles. The number of imide groups is 2. The largest absolute Gasteiger partial charge is 0.384 e. The van der Waals surface area contributed by atoms with Gasteiger partial charge in [-0.1, -0.05) is 12.1 Å². The van der Waals surface area contributed by atoms with E-state index in [2.05, 4.69) is 20.9 Å². The Morgan fingerprint density at radius 3 is 2.67 bits per heavy atom. The molecule has 184 valence electrons. The molecule has 0 radical (unpaired) electrons. The lowest BCUT2D eigenvalue weighted by Gasteiger charge is -2.27. The molecule has 3 aromatic rings. The Morgan fingerprint density at radius 2 is 1.83 bits per heavy atom. The highest BCUT2D eigenvalue weighted by Gasteiger charge is 2.45. The molecule has 1 saturated heterocycles. The van der Waals surface area contributed by atoms with Gasteiger partial charge in [-0.25, -0.2) is 4.98 Å². The molecular formula is C25H24N6O5. The van der Waals surface area contributed by atoms with Crippen LogP contribution >= 0.6 is 0 Å². The molecule has 2 aromatic heterocycles. The summed E-state index contributed by atoms with van der Waals surface area (Å²) in [5, 5.41) is 8.29. The number of piperidine rings is 1. The SMILES string of the molecule is O=C1CCC(N2C(=O)c3cccc(NCCCCNC(=O)c4cccc5nccn45)c3C2=O)C(=O)N1. The molecule has 2 aliphatic rings. The molecule has 5 amide bonds. The highest BCUT2D eigenvalue weighted by molar-refractivity contribution is 6.25. The number of hydrogen-bond donors (Lipinski definition) is 3. The Kier molecular flexibility index (Phi) is 6.19. The number of imidazole rings is 1. The number of carbonyl (C=O) groups excluding carboxylic acids is 5. The van der Waals surface area contributed by atoms with Crippen molar-refractivity contribution >= 4 is 40.9 Å². The van der Waals surface area contributed by atoms with E-state index >= 15 is 0 Å². The zero-order valence-corrected chi connectivity index (χ0v) is 19.3. The highest BCUT2D eigenvalue weighted by atomic mass is 16.2. The molecule has 0 saturated carbocycles.